The number of ether oxygens (including phenoxy) is 1. The average Bonchev–Trinajstić information content (AvgIpc) is 2.73. The third kappa shape index (κ3) is 2.59. The van der Waals surface area contributed by atoms with Crippen LogP contribution in [0.1, 0.15) is 22.8 Å². The zero-order valence-corrected chi connectivity index (χ0v) is 12.7. The first-order valence-corrected chi connectivity index (χ1v) is 7.37. The molecule has 0 saturated heterocycles. The summed E-state index contributed by atoms with van der Waals surface area (Å²) in [6.45, 7) is 2.13. The Balaban J connectivity index is 2.00. The maximum atomic E-state index is 15.4. The van der Waals surface area contributed by atoms with E-state index >= 15 is 4.39 Å². The minimum absolute atomic E-state index is 0.0825. The summed E-state index contributed by atoms with van der Waals surface area (Å²) in [4.78, 5) is 0. The van der Waals surface area contributed by atoms with E-state index in [0.717, 1.165) is 16.7 Å². The summed E-state index contributed by atoms with van der Waals surface area (Å²) in [5, 5.41) is 2.88. The SMILES string of the molecule is CNCC1(F)Cc2cc(C)ccc2C1Oc1ccccc1F. The number of nitrogens with one attached hydrogen (secondary N) is 1. The fourth-order valence-corrected chi connectivity index (χ4v) is 3.12. The highest BCUT2D eigenvalue weighted by Crippen LogP contribution is 2.45. The lowest BCUT2D eigenvalue weighted by atomic mass is 9.99. The number of aryl methyl sites for hydroxylation is 1. The number of hydrogen-bond acceptors (Lipinski definition) is 2. The summed E-state index contributed by atoms with van der Waals surface area (Å²) >= 11 is 0. The lowest BCUT2D eigenvalue weighted by molar-refractivity contribution is 0.0209. The monoisotopic (exact) mass is 303 g/mol. The summed E-state index contributed by atoms with van der Waals surface area (Å²) in [5.41, 5.74) is 1.22. The lowest BCUT2D eigenvalue weighted by Gasteiger charge is -2.28. The smallest absolute Gasteiger partial charge is 0.168 e. The highest BCUT2D eigenvalue weighted by molar-refractivity contribution is 5.42. The van der Waals surface area contributed by atoms with Crippen molar-refractivity contribution in [3.05, 3.63) is 65.0 Å². The van der Waals surface area contributed by atoms with Gasteiger partial charge in [-0.15, -0.1) is 0 Å². The molecule has 1 N–H and O–H groups in total. The molecule has 4 heteroatoms. The Bertz CT molecular complexity index is 689. The first-order valence-electron chi connectivity index (χ1n) is 7.37. The second-order valence-electron chi connectivity index (χ2n) is 5.87. The Kier molecular flexibility index (Phi) is 3.87. The Labute approximate surface area is 129 Å². The van der Waals surface area contributed by atoms with Crippen LogP contribution in [0.15, 0.2) is 42.5 Å². The van der Waals surface area contributed by atoms with Gasteiger partial charge in [-0.1, -0.05) is 35.9 Å². The molecule has 2 unspecified atom stereocenters. The minimum atomic E-state index is -1.59. The number of benzene rings is 2. The van der Waals surface area contributed by atoms with E-state index in [2.05, 4.69) is 5.32 Å². The van der Waals surface area contributed by atoms with Crippen molar-refractivity contribution < 1.29 is 13.5 Å². The van der Waals surface area contributed by atoms with E-state index in [-0.39, 0.29) is 18.7 Å². The van der Waals surface area contributed by atoms with Gasteiger partial charge in [0, 0.05) is 13.0 Å². The third-order valence-corrected chi connectivity index (χ3v) is 4.09. The van der Waals surface area contributed by atoms with Gasteiger partial charge in [0.25, 0.3) is 0 Å². The average molecular weight is 303 g/mol. The Hall–Kier alpha value is -1.94. The number of halogens is 2. The van der Waals surface area contributed by atoms with E-state index in [0.29, 0.717) is 0 Å². The summed E-state index contributed by atoms with van der Waals surface area (Å²) in [6.07, 6.45) is -0.545. The van der Waals surface area contributed by atoms with Crippen LogP contribution in [0.2, 0.25) is 0 Å². The predicted octanol–water partition coefficient (Wildman–Crippen LogP) is 3.74. The van der Waals surface area contributed by atoms with E-state index in [4.69, 9.17) is 4.74 Å². The molecule has 2 aromatic rings. The summed E-state index contributed by atoms with van der Waals surface area (Å²) in [6, 6.07) is 11.9. The van der Waals surface area contributed by atoms with E-state index in [9.17, 15) is 4.39 Å². The van der Waals surface area contributed by atoms with Crippen molar-refractivity contribution in [2.45, 2.75) is 25.1 Å². The van der Waals surface area contributed by atoms with Gasteiger partial charge in [-0.05, 0) is 37.2 Å². The Morgan fingerprint density at radius 2 is 2.05 bits per heavy atom. The molecule has 0 spiro atoms. The third-order valence-electron chi connectivity index (χ3n) is 4.09. The van der Waals surface area contributed by atoms with Crippen LogP contribution in [0.5, 0.6) is 5.75 Å². The van der Waals surface area contributed by atoms with E-state index in [1.165, 1.54) is 12.1 Å². The first-order chi connectivity index (χ1) is 10.5. The summed E-state index contributed by atoms with van der Waals surface area (Å²) in [5.74, 6) is -0.395. The molecule has 116 valence electrons. The molecule has 2 aromatic carbocycles. The van der Waals surface area contributed by atoms with Crippen LogP contribution in [0.4, 0.5) is 8.78 Å². The number of alkyl halides is 1. The van der Waals surface area contributed by atoms with Crippen LogP contribution >= 0.6 is 0 Å². The van der Waals surface area contributed by atoms with Crippen molar-refractivity contribution in [2.24, 2.45) is 0 Å². The van der Waals surface area contributed by atoms with Crippen molar-refractivity contribution in [2.75, 3.05) is 13.6 Å². The molecular weight excluding hydrogens is 284 g/mol. The van der Waals surface area contributed by atoms with Crippen molar-refractivity contribution in [3.63, 3.8) is 0 Å². The molecule has 1 aliphatic rings. The van der Waals surface area contributed by atoms with Crippen molar-refractivity contribution in [1.29, 1.82) is 0 Å². The molecule has 1 aliphatic carbocycles. The zero-order valence-electron chi connectivity index (χ0n) is 12.7. The van der Waals surface area contributed by atoms with Gasteiger partial charge in [-0.2, -0.15) is 0 Å². The topological polar surface area (TPSA) is 21.3 Å². The van der Waals surface area contributed by atoms with E-state index in [1.807, 2.05) is 25.1 Å². The van der Waals surface area contributed by atoms with Gasteiger partial charge in [0.15, 0.2) is 23.3 Å². The maximum Gasteiger partial charge on any atom is 0.168 e. The molecule has 22 heavy (non-hydrogen) atoms. The molecule has 0 saturated carbocycles. The van der Waals surface area contributed by atoms with Gasteiger partial charge >= 0.3 is 0 Å². The maximum absolute atomic E-state index is 15.4. The predicted molar refractivity (Wildman–Crippen MR) is 82.4 cm³/mol. The normalized spacial score (nSPS) is 23.4. The molecule has 0 aliphatic heterocycles. The largest absolute Gasteiger partial charge is 0.479 e. The van der Waals surface area contributed by atoms with Gasteiger partial charge in [0.05, 0.1) is 0 Å². The number of hydrogen-bond donors (Lipinski definition) is 1. The number of para-hydroxylation sites is 1. The minimum Gasteiger partial charge on any atom is -0.479 e. The molecule has 2 nitrogen and oxygen atoms in total. The van der Waals surface area contributed by atoms with Crippen LogP contribution in [0, 0.1) is 12.7 Å². The van der Waals surface area contributed by atoms with Gasteiger partial charge < -0.3 is 10.1 Å². The van der Waals surface area contributed by atoms with Crippen molar-refractivity contribution >= 4 is 0 Å². The molecule has 0 bridgehead atoms. The van der Waals surface area contributed by atoms with Gasteiger partial charge in [-0.3, -0.25) is 0 Å². The van der Waals surface area contributed by atoms with Crippen LogP contribution in [0.3, 0.4) is 0 Å². The molecule has 0 aromatic heterocycles. The molecular formula is C18H19F2NO. The second-order valence-corrected chi connectivity index (χ2v) is 5.87. The number of fused-ring (bicyclic) bond motifs is 1. The summed E-state index contributed by atoms with van der Waals surface area (Å²) < 4.78 is 35.0. The number of rotatable bonds is 4. The van der Waals surface area contributed by atoms with Crippen LogP contribution in [-0.4, -0.2) is 19.3 Å². The van der Waals surface area contributed by atoms with Crippen LogP contribution < -0.4 is 10.1 Å². The summed E-state index contributed by atoms with van der Waals surface area (Å²) in [7, 11) is 1.70. The first kappa shape index (κ1) is 15.0. The van der Waals surface area contributed by atoms with E-state index < -0.39 is 17.6 Å². The van der Waals surface area contributed by atoms with E-state index in [1.54, 1.807) is 19.2 Å². The standard InChI is InChI=1S/C18H19F2NO/c1-12-7-8-14-13(9-12)10-18(20,11-21-2)17(14)22-16-6-4-3-5-15(16)19/h3-9,17,21H,10-11H2,1-2H3. The van der Waals surface area contributed by atoms with Crippen LogP contribution in [0.25, 0.3) is 0 Å². The molecule has 3 rings (SSSR count). The Morgan fingerprint density at radius 1 is 1.27 bits per heavy atom. The fourth-order valence-electron chi connectivity index (χ4n) is 3.12. The van der Waals surface area contributed by atoms with Gasteiger partial charge in [0.1, 0.15) is 0 Å². The van der Waals surface area contributed by atoms with Crippen molar-refractivity contribution in [3.8, 4) is 5.75 Å². The molecule has 0 fully saturated rings. The quantitative estimate of drug-likeness (QED) is 0.929. The molecule has 0 radical (unpaired) electrons. The molecule has 0 heterocycles. The van der Waals surface area contributed by atoms with Crippen LogP contribution in [-0.2, 0) is 6.42 Å². The highest BCUT2D eigenvalue weighted by Gasteiger charge is 2.48. The van der Waals surface area contributed by atoms with Crippen molar-refractivity contribution in [1.82, 2.24) is 5.32 Å². The lowest BCUT2D eigenvalue weighted by Crippen LogP contribution is -2.41. The van der Waals surface area contributed by atoms with Gasteiger partial charge in [-0.25, -0.2) is 8.78 Å². The molecule has 2 atom stereocenters. The van der Waals surface area contributed by atoms with Gasteiger partial charge in [0.2, 0.25) is 0 Å². The molecule has 0 amide bonds. The zero-order chi connectivity index (χ0) is 15.7. The fraction of sp³-hybridized carbons (Fsp3) is 0.333. The highest BCUT2D eigenvalue weighted by atomic mass is 19.1. The second kappa shape index (κ2) is 5.69. The Morgan fingerprint density at radius 3 is 2.77 bits per heavy atom.